The van der Waals surface area contributed by atoms with Crippen LogP contribution < -0.4 is 14.8 Å². The predicted octanol–water partition coefficient (Wildman–Crippen LogP) is 4.24. The molecule has 1 aromatic carbocycles. The number of halogens is 2. The van der Waals surface area contributed by atoms with E-state index in [0.717, 1.165) is 32.0 Å². The normalized spacial score (nSPS) is 10.2. The monoisotopic (exact) mass is 400 g/mol. The molecule has 0 aliphatic heterocycles. The summed E-state index contributed by atoms with van der Waals surface area (Å²) in [6, 6.07) is 9.60. The van der Waals surface area contributed by atoms with E-state index in [1.807, 2.05) is 30.3 Å². The van der Waals surface area contributed by atoms with Crippen molar-refractivity contribution in [2.45, 2.75) is 6.54 Å². The first-order chi connectivity index (χ1) is 9.62. The summed E-state index contributed by atoms with van der Waals surface area (Å²) < 4.78 is 12.1. The van der Waals surface area contributed by atoms with Gasteiger partial charge < -0.3 is 14.8 Å². The summed E-state index contributed by atoms with van der Waals surface area (Å²) in [5, 5.41) is 3.33. The van der Waals surface area contributed by atoms with E-state index in [4.69, 9.17) is 9.47 Å². The zero-order valence-electron chi connectivity index (χ0n) is 11.1. The van der Waals surface area contributed by atoms with Crippen LogP contribution in [0, 0.1) is 0 Å². The van der Waals surface area contributed by atoms with E-state index in [0.29, 0.717) is 6.54 Å². The SMILES string of the molecule is COc1ccc(CNc2cc(Br)nc(Br)c2)c(OC)c1. The molecule has 0 aliphatic carbocycles. The maximum Gasteiger partial charge on any atom is 0.127 e. The van der Waals surface area contributed by atoms with Crippen molar-refractivity contribution in [3.05, 3.63) is 45.1 Å². The fourth-order valence-electron chi connectivity index (χ4n) is 1.76. The molecule has 1 heterocycles. The molecule has 0 saturated heterocycles. The van der Waals surface area contributed by atoms with Crippen LogP contribution in [0.4, 0.5) is 5.69 Å². The Labute approximate surface area is 134 Å². The number of ether oxygens (including phenoxy) is 2. The van der Waals surface area contributed by atoms with Gasteiger partial charge in [0.25, 0.3) is 0 Å². The van der Waals surface area contributed by atoms with Crippen LogP contribution in [0.15, 0.2) is 39.5 Å². The van der Waals surface area contributed by atoms with Crippen LogP contribution in [0.5, 0.6) is 11.5 Å². The van der Waals surface area contributed by atoms with Crippen molar-refractivity contribution in [2.75, 3.05) is 19.5 Å². The summed E-state index contributed by atoms with van der Waals surface area (Å²) in [4.78, 5) is 4.20. The third-order valence-electron chi connectivity index (χ3n) is 2.74. The first-order valence-electron chi connectivity index (χ1n) is 5.90. The standard InChI is InChI=1S/C14H14Br2N2O2/c1-19-11-4-3-9(12(7-11)20-2)8-17-10-5-13(15)18-14(16)6-10/h3-7H,8H2,1-2H3,(H,17,18). The summed E-state index contributed by atoms with van der Waals surface area (Å²) in [5.41, 5.74) is 2.02. The van der Waals surface area contributed by atoms with Gasteiger partial charge in [0.2, 0.25) is 0 Å². The summed E-state index contributed by atoms with van der Waals surface area (Å²) in [5.74, 6) is 1.57. The molecule has 0 spiro atoms. The van der Waals surface area contributed by atoms with Gasteiger partial charge >= 0.3 is 0 Å². The van der Waals surface area contributed by atoms with Gasteiger partial charge in [-0.3, -0.25) is 0 Å². The van der Waals surface area contributed by atoms with Gasteiger partial charge in [0.05, 0.1) is 14.2 Å². The van der Waals surface area contributed by atoms with Crippen LogP contribution in [0.25, 0.3) is 0 Å². The summed E-state index contributed by atoms with van der Waals surface area (Å²) in [6.07, 6.45) is 0. The number of methoxy groups -OCH3 is 2. The highest BCUT2D eigenvalue weighted by Crippen LogP contribution is 2.26. The minimum atomic E-state index is 0.649. The largest absolute Gasteiger partial charge is 0.497 e. The molecule has 6 heteroatoms. The smallest absolute Gasteiger partial charge is 0.127 e. The predicted molar refractivity (Wildman–Crippen MR) is 86.5 cm³/mol. The Morgan fingerprint density at radius 3 is 2.35 bits per heavy atom. The molecule has 1 aromatic heterocycles. The van der Waals surface area contributed by atoms with Crippen LogP contribution in [0.3, 0.4) is 0 Å². The lowest BCUT2D eigenvalue weighted by Gasteiger charge is -2.12. The van der Waals surface area contributed by atoms with Gasteiger partial charge in [-0.15, -0.1) is 0 Å². The molecule has 0 radical (unpaired) electrons. The molecule has 4 nitrogen and oxygen atoms in total. The van der Waals surface area contributed by atoms with Gasteiger partial charge in [-0.2, -0.15) is 0 Å². The van der Waals surface area contributed by atoms with Gasteiger partial charge in [0, 0.05) is 23.9 Å². The Balaban J connectivity index is 2.14. The Morgan fingerprint density at radius 2 is 1.75 bits per heavy atom. The molecule has 0 bridgehead atoms. The molecule has 0 amide bonds. The molecule has 0 unspecified atom stereocenters. The molecule has 0 fully saturated rings. The first-order valence-corrected chi connectivity index (χ1v) is 7.49. The van der Waals surface area contributed by atoms with Crippen molar-refractivity contribution >= 4 is 37.5 Å². The highest BCUT2D eigenvalue weighted by atomic mass is 79.9. The van der Waals surface area contributed by atoms with Gasteiger partial charge in [-0.1, -0.05) is 0 Å². The van der Waals surface area contributed by atoms with Crippen LogP contribution >= 0.6 is 31.9 Å². The lowest BCUT2D eigenvalue weighted by atomic mass is 10.2. The van der Waals surface area contributed by atoms with E-state index in [9.17, 15) is 0 Å². The second-order valence-electron chi connectivity index (χ2n) is 4.03. The van der Waals surface area contributed by atoms with Crippen molar-refractivity contribution in [1.82, 2.24) is 4.98 Å². The lowest BCUT2D eigenvalue weighted by Crippen LogP contribution is -2.02. The number of hydrogen-bond donors (Lipinski definition) is 1. The van der Waals surface area contributed by atoms with Crippen molar-refractivity contribution < 1.29 is 9.47 Å². The van der Waals surface area contributed by atoms with E-state index >= 15 is 0 Å². The van der Waals surface area contributed by atoms with Gasteiger partial charge in [-0.05, 0) is 56.1 Å². The maximum absolute atomic E-state index is 5.37. The zero-order chi connectivity index (χ0) is 14.5. The van der Waals surface area contributed by atoms with E-state index in [1.54, 1.807) is 14.2 Å². The lowest BCUT2D eigenvalue weighted by molar-refractivity contribution is 0.391. The topological polar surface area (TPSA) is 43.4 Å². The number of nitrogens with one attached hydrogen (secondary N) is 1. The highest BCUT2D eigenvalue weighted by Gasteiger charge is 2.05. The Bertz CT molecular complexity index is 585. The highest BCUT2D eigenvalue weighted by molar-refractivity contribution is 9.11. The van der Waals surface area contributed by atoms with Gasteiger partial charge in [0.1, 0.15) is 20.7 Å². The second-order valence-corrected chi connectivity index (χ2v) is 5.66. The average molecular weight is 402 g/mol. The molecule has 20 heavy (non-hydrogen) atoms. The molecule has 0 aliphatic rings. The summed E-state index contributed by atoms with van der Waals surface area (Å²) >= 11 is 6.73. The average Bonchev–Trinajstić information content (AvgIpc) is 2.44. The molecule has 1 N–H and O–H groups in total. The number of hydrogen-bond acceptors (Lipinski definition) is 4. The fraction of sp³-hybridized carbons (Fsp3) is 0.214. The van der Waals surface area contributed by atoms with Gasteiger partial charge in [-0.25, -0.2) is 4.98 Å². The minimum Gasteiger partial charge on any atom is -0.497 e. The quantitative estimate of drug-likeness (QED) is 0.761. The Morgan fingerprint density at radius 1 is 1.05 bits per heavy atom. The number of aromatic nitrogens is 1. The summed E-state index contributed by atoms with van der Waals surface area (Å²) in [6.45, 7) is 0.649. The number of nitrogens with zero attached hydrogens (tertiary/aromatic N) is 1. The maximum atomic E-state index is 5.37. The Hall–Kier alpha value is -1.27. The first kappa shape index (κ1) is 15.1. The fourth-order valence-corrected chi connectivity index (χ4v) is 2.88. The summed E-state index contributed by atoms with van der Waals surface area (Å²) in [7, 11) is 3.29. The second kappa shape index (κ2) is 6.95. The third kappa shape index (κ3) is 3.86. The zero-order valence-corrected chi connectivity index (χ0v) is 14.3. The van der Waals surface area contributed by atoms with Crippen LogP contribution in [0.1, 0.15) is 5.56 Å². The molecular weight excluding hydrogens is 388 g/mol. The van der Waals surface area contributed by atoms with Crippen LogP contribution in [0.2, 0.25) is 0 Å². The van der Waals surface area contributed by atoms with Crippen molar-refractivity contribution in [3.8, 4) is 11.5 Å². The van der Waals surface area contributed by atoms with E-state index in [2.05, 4.69) is 42.2 Å². The molecular formula is C14H14Br2N2O2. The molecule has 2 aromatic rings. The minimum absolute atomic E-state index is 0.649. The van der Waals surface area contributed by atoms with Crippen LogP contribution in [-0.4, -0.2) is 19.2 Å². The molecule has 2 rings (SSSR count). The molecule has 0 saturated carbocycles. The van der Waals surface area contributed by atoms with Crippen molar-refractivity contribution in [3.63, 3.8) is 0 Å². The van der Waals surface area contributed by atoms with E-state index < -0.39 is 0 Å². The molecule has 0 atom stereocenters. The number of pyridine rings is 1. The number of rotatable bonds is 5. The molecule has 106 valence electrons. The van der Waals surface area contributed by atoms with Crippen LogP contribution in [-0.2, 0) is 6.54 Å². The number of benzene rings is 1. The Kier molecular flexibility index (Phi) is 5.25. The van der Waals surface area contributed by atoms with Crippen molar-refractivity contribution in [1.29, 1.82) is 0 Å². The third-order valence-corrected chi connectivity index (χ3v) is 3.55. The number of anilines is 1. The van der Waals surface area contributed by atoms with E-state index in [-0.39, 0.29) is 0 Å². The van der Waals surface area contributed by atoms with E-state index in [1.165, 1.54) is 0 Å². The van der Waals surface area contributed by atoms with Gasteiger partial charge in [0.15, 0.2) is 0 Å². The van der Waals surface area contributed by atoms with Crippen molar-refractivity contribution in [2.24, 2.45) is 0 Å².